The Kier molecular flexibility index (Phi) is 3.62. The van der Waals surface area contributed by atoms with E-state index in [1.54, 1.807) is 0 Å². The Balaban J connectivity index is 1.88. The van der Waals surface area contributed by atoms with Crippen LogP contribution in [-0.4, -0.2) is 0 Å². The molecular formula is C15H15NO. The van der Waals surface area contributed by atoms with Gasteiger partial charge < -0.3 is 4.74 Å². The second kappa shape index (κ2) is 5.36. The first-order chi connectivity index (χ1) is 8.28. The van der Waals surface area contributed by atoms with Gasteiger partial charge in [0.25, 0.3) is 0 Å². The van der Waals surface area contributed by atoms with Gasteiger partial charge in [0.05, 0.1) is 12.0 Å². The SMILES string of the molecule is Cc1ccc(COC2=CCC(C#N)C=C2)cc1. The van der Waals surface area contributed by atoms with Crippen LogP contribution in [0.1, 0.15) is 17.5 Å². The smallest absolute Gasteiger partial charge is 0.115 e. The van der Waals surface area contributed by atoms with Gasteiger partial charge in [0.2, 0.25) is 0 Å². The highest BCUT2D eigenvalue weighted by Crippen LogP contribution is 2.17. The highest BCUT2D eigenvalue weighted by Gasteiger charge is 2.07. The molecule has 1 aromatic carbocycles. The number of hydrogen-bond donors (Lipinski definition) is 0. The van der Waals surface area contributed by atoms with E-state index >= 15 is 0 Å². The molecule has 1 atom stereocenters. The average Bonchev–Trinajstić information content (AvgIpc) is 2.39. The summed E-state index contributed by atoms with van der Waals surface area (Å²) in [6.07, 6.45) is 6.49. The number of nitriles is 1. The minimum Gasteiger partial charge on any atom is -0.489 e. The van der Waals surface area contributed by atoms with E-state index in [0.29, 0.717) is 6.61 Å². The first kappa shape index (κ1) is 11.5. The summed E-state index contributed by atoms with van der Waals surface area (Å²) in [6, 6.07) is 10.5. The van der Waals surface area contributed by atoms with Gasteiger partial charge in [0.1, 0.15) is 12.4 Å². The standard InChI is InChI=1S/C15H15NO/c1-12-2-4-14(5-3-12)11-17-15-8-6-13(10-16)7-9-15/h2-6,8-9,13H,7,11H2,1H3. The van der Waals surface area contributed by atoms with Crippen LogP contribution in [0, 0.1) is 24.2 Å². The highest BCUT2D eigenvalue weighted by molar-refractivity contribution is 5.23. The number of rotatable bonds is 3. The van der Waals surface area contributed by atoms with E-state index in [1.807, 2.05) is 18.2 Å². The summed E-state index contributed by atoms with van der Waals surface area (Å²) in [5, 5.41) is 8.74. The van der Waals surface area contributed by atoms with Crippen molar-refractivity contribution in [2.24, 2.45) is 5.92 Å². The fourth-order valence-electron chi connectivity index (χ4n) is 1.65. The molecule has 0 bridgehead atoms. The minimum atomic E-state index is 0.00160. The Hall–Kier alpha value is -2.01. The molecule has 2 nitrogen and oxygen atoms in total. The molecule has 2 heteroatoms. The van der Waals surface area contributed by atoms with E-state index in [9.17, 15) is 0 Å². The van der Waals surface area contributed by atoms with Gasteiger partial charge in [-0.05, 0) is 31.1 Å². The molecule has 0 heterocycles. The Bertz CT molecular complexity index is 477. The molecule has 0 saturated carbocycles. The number of allylic oxidation sites excluding steroid dienone is 3. The molecule has 1 aliphatic carbocycles. The summed E-state index contributed by atoms with van der Waals surface area (Å²) in [6.45, 7) is 2.65. The molecule has 1 aromatic rings. The zero-order valence-electron chi connectivity index (χ0n) is 9.89. The molecule has 2 rings (SSSR count). The lowest BCUT2D eigenvalue weighted by Gasteiger charge is -2.12. The van der Waals surface area contributed by atoms with Crippen LogP contribution in [0.5, 0.6) is 0 Å². The monoisotopic (exact) mass is 225 g/mol. The maximum absolute atomic E-state index is 8.74. The highest BCUT2D eigenvalue weighted by atomic mass is 16.5. The molecular weight excluding hydrogens is 210 g/mol. The lowest BCUT2D eigenvalue weighted by Crippen LogP contribution is -1.99. The van der Waals surface area contributed by atoms with Gasteiger partial charge in [-0.2, -0.15) is 5.26 Å². The van der Waals surface area contributed by atoms with Crippen LogP contribution in [0.2, 0.25) is 0 Å². The van der Waals surface area contributed by atoms with Gasteiger partial charge in [-0.1, -0.05) is 35.9 Å². The van der Waals surface area contributed by atoms with Crippen molar-refractivity contribution in [2.75, 3.05) is 0 Å². The second-order valence-electron chi connectivity index (χ2n) is 4.21. The molecule has 0 N–H and O–H groups in total. The number of benzene rings is 1. The van der Waals surface area contributed by atoms with Gasteiger partial charge in [0, 0.05) is 0 Å². The van der Waals surface area contributed by atoms with Crippen molar-refractivity contribution >= 4 is 0 Å². The molecule has 86 valence electrons. The van der Waals surface area contributed by atoms with Crippen molar-refractivity contribution < 1.29 is 4.74 Å². The maximum Gasteiger partial charge on any atom is 0.115 e. The second-order valence-corrected chi connectivity index (χ2v) is 4.21. The Labute approximate surface area is 102 Å². The normalized spacial score (nSPS) is 18.4. The quantitative estimate of drug-likeness (QED) is 0.788. The van der Waals surface area contributed by atoms with Crippen molar-refractivity contribution in [1.82, 2.24) is 0 Å². The molecule has 0 radical (unpaired) electrons. The van der Waals surface area contributed by atoms with E-state index in [-0.39, 0.29) is 5.92 Å². The number of ether oxygens (including phenoxy) is 1. The third-order valence-electron chi connectivity index (χ3n) is 2.76. The van der Waals surface area contributed by atoms with E-state index in [0.717, 1.165) is 17.7 Å². The van der Waals surface area contributed by atoms with Gasteiger partial charge in [-0.15, -0.1) is 0 Å². The van der Waals surface area contributed by atoms with Crippen LogP contribution in [0.4, 0.5) is 0 Å². The Morgan fingerprint density at radius 3 is 2.71 bits per heavy atom. The van der Waals surface area contributed by atoms with Crippen molar-refractivity contribution in [3.63, 3.8) is 0 Å². The first-order valence-electron chi connectivity index (χ1n) is 5.74. The van der Waals surface area contributed by atoms with Crippen LogP contribution < -0.4 is 0 Å². The fraction of sp³-hybridized carbons (Fsp3) is 0.267. The molecule has 17 heavy (non-hydrogen) atoms. The third-order valence-corrected chi connectivity index (χ3v) is 2.76. The topological polar surface area (TPSA) is 33.0 Å². The summed E-state index contributed by atoms with van der Waals surface area (Å²) in [7, 11) is 0. The van der Waals surface area contributed by atoms with E-state index in [4.69, 9.17) is 10.00 Å². The fourth-order valence-corrected chi connectivity index (χ4v) is 1.65. The largest absolute Gasteiger partial charge is 0.489 e. The molecule has 0 aromatic heterocycles. The maximum atomic E-state index is 8.74. The van der Waals surface area contributed by atoms with Crippen LogP contribution in [0.25, 0.3) is 0 Å². The molecule has 1 aliphatic rings. The van der Waals surface area contributed by atoms with Crippen molar-refractivity contribution in [1.29, 1.82) is 5.26 Å². The van der Waals surface area contributed by atoms with E-state index < -0.39 is 0 Å². The molecule has 0 aliphatic heterocycles. The van der Waals surface area contributed by atoms with Crippen LogP contribution in [0.3, 0.4) is 0 Å². The van der Waals surface area contributed by atoms with Gasteiger partial charge >= 0.3 is 0 Å². The van der Waals surface area contributed by atoms with Crippen LogP contribution in [0.15, 0.2) is 48.3 Å². The molecule has 0 saturated heterocycles. The number of nitrogens with zero attached hydrogens (tertiary/aromatic N) is 1. The van der Waals surface area contributed by atoms with Gasteiger partial charge in [0.15, 0.2) is 0 Å². The Morgan fingerprint density at radius 2 is 2.12 bits per heavy atom. The molecule has 0 fully saturated rings. The molecule has 0 amide bonds. The number of hydrogen-bond acceptors (Lipinski definition) is 2. The lowest BCUT2D eigenvalue weighted by atomic mass is 10.0. The summed E-state index contributed by atoms with van der Waals surface area (Å²) in [4.78, 5) is 0. The van der Waals surface area contributed by atoms with Crippen molar-refractivity contribution in [3.8, 4) is 6.07 Å². The zero-order valence-corrected chi connectivity index (χ0v) is 9.89. The first-order valence-corrected chi connectivity index (χ1v) is 5.74. The summed E-state index contributed by atoms with van der Waals surface area (Å²) in [5.74, 6) is 0.860. The molecule has 1 unspecified atom stereocenters. The minimum absolute atomic E-state index is 0.00160. The predicted molar refractivity (Wildman–Crippen MR) is 66.9 cm³/mol. The predicted octanol–water partition coefficient (Wildman–Crippen LogP) is 3.50. The van der Waals surface area contributed by atoms with E-state index in [1.165, 1.54) is 5.56 Å². The lowest BCUT2D eigenvalue weighted by molar-refractivity contribution is 0.208. The van der Waals surface area contributed by atoms with E-state index in [2.05, 4.69) is 37.3 Å². The van der Waals surface area contributed by atoms with Crippen molar-refractivity contribution in [3.05, 3.63) is 59.4 Å². The van der Waals surface area contributed by atoms with Crippen molar-refractivity contribution in [2.45, 2.75) is 20.0 Å². The summed E-state index contributed by atoms with van der Waals surface area (Å²) in [5.41, 5.74) is 2.41. The number of aryl methyl sites for hydroxylation is 1. The zero-order chi connectivity index (χ0) is 12.1. The van der Waals surface area contributed by atoms with Gasteiger partial charge in [-0.3, -0.25) is 0 Å². The summed E-state index contributed by atoms with van der Waals surface area (Å²) < 4.78 is 5.67. The average molecular weight is 225 g/mol. The van der Waals surface area contributed by atoms with Crippen LogP contribution in [-0.2, 0) is 11.3 Å². The van der Waals surface area contributed by atoms with Crippen LogP contribution >= 0.6 is 0 Å². The Morgan fingerprint density at radius 1 is 1.35 bits per heavy atom. The van der Waals surface area contributed by atoms with Gasteiger partial charge in [-0.25, -0.2) is 0 Å². The third kappa shape index (κ3) is 3.22. The molecule has 0 spiro atoms. The summed E-state index contributed by atoms with van der Waals surface area (Å²) >= 11 is 0.